The third-order valence-electron chi connectivity index (χ3n) is 7.42. The van der Waals surface area contributed by atoms with Gasteiger partial charge in [0.1, 0.15) is 12.4 Å². The number of rotatable bonds is 8. The number of benzene rings is 4. The first-order valence-electron chi connectivity index (χ1n) is 13.6. The fourth-order valence-corrected chi connectivity index (χ4v) is 5.29. The van der Waals surface area contributed by atoms with Crippen molar-refractivity contribution < 1.29 is 4.74 Å². The topological polar surface area (TPSA) is 107 Å². The van der Waals surface area contributed by atoms with Gasteiger partial charge < -0.3 is 4.74 Å². The van der Waals surface area contributed by atoms with Gasteiger partial charge in [-0.1, -0.05) is 95.5 Å². The molecule has 0 atom stereocenters. The summed E-state index contributed by atoms with van der Waals surface area (Å²) in [5.74, 6) is -0.0242. The van der Waals surface area contributed by atoms with Crippen molar-refractivity contribution in [2.24, 2.45) is 0 Å². The van der Waals surface area contributed by atoms with E-state index in [-0.39, 0.29) is 11.1 Å². The van der Waals surface area contributed by atoms with Crippen LogP contribution in [0.4, 0.5) is 0 Å². The molecule has 0 saturated carbocycles. The highest BCUT2D eigenvalue weighted by Crippen LogP contribution is 2.38. The Labute approximate surface area is 247 Å². The molecule has 0 saturated heterocycles. The van der Waals surface area contributed by atoms with Crippen LogP contribution in [0.2, 0.25) is 5.02 Å². The molecule has 2 heterocycles. The third kappa shape index (κ3) is 5.47. The second-order valence-electron chi connectivity index (χ2n) is 10.4. The van der Waals surface area contributed by atoms with Gasteiger partial charge in [0, 0.05) is 10.9 Å². The molecule has 0 spiro atoms. The van der Waals surface area contributed by atoms with Gasteiger partial charge in [0.2, 0.25) is 0 Å². The molecular formula is C34H29ClN4O3. The van der Waals surface area contributed by atoms with Crippen LogP contribution in [0.3, 0.4) is 0 Å². The lowest BCUT2D eigenvalue weighted by atomic mass is 9.83. The maximum absolute atomic E-state index is 13.5. The van der Waals surface area contributed by atoms with Crippen molar-refractivity contribution in [2.45, 2.75) is 26.4 Å². The minimum atomic E-state index is -0.687. The van der Waals surface area contributed by atoms with E-state index in [4.69, 9.17) is 16.3 Å². The molecule has 2 aromatic heterocycles. The Hall–Kier alpha value is -5.01. The molecule has 0 bridgehead atoms. The number of hydrogen-bond donors (Lipinski definition) is 4. The highest BCUT2D eigenvalue weighted by atomic mass is 35.5. The summed E-state index contributed by atoms with van der Waals surface area (Å²) in [5, 5.41) is 12.3. The van der Waals surface area contributed by atoms with Gasteiger partial charge in [-0.15, -0.1) is 0 Å². The third-order valence-corrected chi connectivity index (χ3v) is 7.67. The van der Waals surface area contributed by atoms with Gasteiger partial charge in [0.25, 0.3) is 11.1 Å². The van der Waals surface area contributed by atoms with Crippen LogP contribution in [0.25, 0.3) is 22.5 Å². The number of hydrogen-bond acceptors (Lipinski definition) is 3. The quantitative estimate of drug-likeness (QED) is 0.155. The molecule has 0 aliphatic rings. The van der Waals surface area contributed by atoms with E-state index >= 15 is 0 Å². The van der Waals surface area contributed by atoms with Crippen LogP contribution in [-0.2, 0) is 6.61 Å². The van der Waals surface area contributed by atoms with Crippen LogP contribution < -0.4 is 15.9 Å². The van der Waals surface area contributed by atoms with Crippen molar-refractivity contribution in [3.05, 3.63) is 156 Å². The van der Waals surface area contributed by atoms with E-state index in [0.717, 1.165) is 33.4 Å². The zero-order valence-electron chi connectivity index (χ0n) is 23.1. The summed E-state index contributed by atoms with van der Waals surface area (Å²) in [6.45, 7) is 4.40. The number of H-pyrrole nitrogens is 4. The van der Waals surface area contributed by atoms with Gasteiger partial charge in [0.05, 0.1) is 22.5 Å². The van der Waals surface area contributed by atoms with Gasteiger partial charge in [-0.3, -0.25) is 30.0 Å². The summed E-state index contributed by atoms with van der Waals surface area (Å²) in [6.07, 6.45) is 0. The van der Waals surface area contributed by atoms with E-state index in [2.05, 4.69) is 20.4 Å². The molecule has 4 N–H and O–H groups in total. The number of aromatic nitrogens is 4. The van der Waals surface area contributed by atoms with E-state index in [0.29, 0.717) is 39.9 Å². The van der Waals surface area contributed by atoms with E-state index in [9.17, 15) is 9.59 Å². The van der Waals surface area contributed by atoms with Crippen molar-refractivity contribution in [1.29, 1.82) is 0 Å². The molecule has 0 fully saturated rings. The minimum absolute atomic E-state index is 0.297. The van der Waals surface area contributed by atoms with Crippen LogP contribution in [0.5, 0.6) is 5.75 Å². The Balaban J connectivity index is 1.46. The normalized spacial score (nSPS) is 11.2. The molecule has 7 nitrogen and oxygen atoms in total. The lowest BCUT2D eigenvalue weighted by Gasteiger charge is -2.18. The number of nitrogens with one attached hydrogen (secondary N) is 4. The number of halogens is 1. The van der Waals surface area contributed by atoms with Crippen LogP contribution in [0, 0.1) is 13.8 Å². The predicted molar refractivity (Wildman–Crippen MR) is 166 cm³/mol. The minimum Gasteiger partial charge on any atom is -0.489 e. The van der Waals surface area contributed by atoms with Crippen LogP contribution >= 0.6 is 11.6 Å². The Morgan fingerprint density at radius 2 is 1.10 bits per heavy atom. The lowest BCUT2D eigenvalue weighted by Crippen LogP contribution is -2.20. The van der Waals surface area contributed by atoms with Crippen molar-refractivity contribution in [1.82, 2.24) is 20.4 Å². The van der Waals surface area contributed by atoms with Gasteiger partial charge >= 0.3 is 0 Å². The van der Waals surface area contributed by atoms with Gasteiger partial charge in [-0.25, -0.2) is 0 Å². The molecule has 0 aliphatic heterocycles. The van der Waals surface area contributed by atoms with E-state index in [1.54, 1.807) is 0 Å². The summed E-state index contributed by atoms with van der Waals surface area (Å²) in [5.41, 5.74) is 7.21. The van der Waals surface area contributed by atoms with Gasteiger partial charge in [-0.2, -0.15) is 0 Å². The van der Waals surface area contributed by atoms with Gasteiger partial charge in [0.15, 0.2) is 0 Å². The number of aryl methyl sites for hydroxylation is 2. The molecular weight excluding hydrogens is 548 g/mol. The Kier molecular flexibility index (Phi) is 7.42. The van der Waals surface area contributed by atoms with Crippen molar-refractivity contribution in [3.8, 4) is 28.3 Å². The molecule has 0 aliphatic carbocycles. The molecule has 210 valence electrons. The van der Waals surface area contributed by atoms with Crippen molar-refractivity contribution in [2.75, 3.05) is 0 Å². The highest BCUT2D eigenvalue weighted by Gasteiger charge is 2.31. The monoisotopic (exact) mass is 576 g/mol. The second kappa shape index (κ2) is 11.5. The molecule has 0 radical (unpaired) electrons. The highest BCUT2D eigenvalue weighted by molar-refractivity contribution is 6.30. The predicted octanol–water partition coefficient (Wildman–Crippen LogP) is 7.08. The van der Waals surface area contributed by atoms with Crippen molar-refractivity contribution >= 4 is 11.6 Å². The Morgan fingerprint density at radius 1 is 0.619 bits per heavy atom. The molecule has 6 aromatic rings. The first-order valence-corrected chi connectivity index (χ1v) is 14.0. The van der Waals surface area contributed by atoms with Crippen molar-refractivity contribution in [3.63, 3.8) is 0 Å². The summed E-state index contributed by atoms with van der Waals surface area (Å²) >= 11 is 6.00. The SMILES string of the molecule is Cc1ccc(-c2[nH][nH]c(=O)c2C(c2ccc(OCc3ccc(Cl)cc3)cc2)c2c(-c3ccc(C)cc3)[nH][nH]c2=O)cc1. The largest absolute Gasteiger partial charge is 0.489 e. The second-order valence-corrected chi connectivity index (χ2v) is 10.8. The summed E-state index contributed by atoms with van der Waals surface area (Å²) in [7, 11) is 0. The van der Waals surface area contributed by atoms with Gasteiger partial charge in [-0.05, 0) is 60.4 Å². The van der Waals surface area contributed by atoms with Crippen LogP contribution in [0.1, 0.15) is 39.3 Å². The molecule has 42 heavy (non-hydrogen) atoms. The first kappa shape index (κ1) is 27.2. The fourth-order valence-electron chi connectivity index (χ4n) is 5.16. The number of ether oxygens (including phenoxy) is 1. The molecule has 4 aromatic carbocycles. The van der Waals surface area contributed by atoms with Crippen LogP contribution in [-0.4, -0.2) is 20.4 Å². The molecule has 6 rings (SSSR count). The smallest absolute Gasteiger partial charge is 0.268 e. The molecule has 0 unspecified atom stereocenters. The van der Waals surface area contributed by atoms with E-state index < -0.39 is 5.92 Å². The fraction of sp³-hybridized carbons (Fsp3) is 0.118. The zero-order chi connectivity index (χ0) is 29.2. The van der Waals surface area contributed by atoms with Crippen LogP contribution in [0.15, 0.2) is 107 Å². The average molecular weight is 577 g/mol. The number of aromatic amines is 4. The summed E-state index contributed by atoms with van der Waals surface area (Å²) < 4.78 is 6.01. The lowest BCUT2D eigenvalue weighted by molar-refractivity contribution is 0.306. The summed E-state index contributed by atoms with van der Waals surface area (Å²) in [6, 6.07) is 30.8. The Bertz CT molecular complexity index is 1830. The molecule has 8 heteroatoms. The van der Waals surface area contributed by atoms with E-state index in [1.807, 2.05) is 111 Å². The maximum Gasteiger partial charge on any atom is 0.268 e. The van der Waals surface area contributed by atoms with E-state index in [1.165, 1.54) is 0 Å². The average Bonchev–Trinajstić information content (AvgIpc) is 3.57. The Morgan fingerprint density at radius 3 is 1.57 bits per heavy atom. The first-order chi connectivity index (χ1) is 20.4. The summed E-state index contributed by atoms with van der Waals surface area (Å²) in [4.78, 5) is 27.0. The zero-order valence-corrected chi connectivity index (χ0v) is 23.9. The standard InChI is InChI=1S/C34H29ClN4O3/c1-20-3-9-24(10-4-20)31-29(33(40)38-36-31)28(30-32(37-39-34(30)41)25-11-5-21(2)6-12-25)23-13-17-27(18-14-23)42-19-22-7-15-26(35)16-8-22/h3-18,28H,19H2,1-2H3,(H2,36,38,40)(H2,37,39,41). The maximum atomic E-state index is 13.5. The molecule has 0 amide bonds.